The van der Waals surface area contributed by atoms with Gasteiger partial charge >= 0.3 is 6.18 Å². The Kier molecular flexibility index (Phi) is 7.61. The van der Waals surface area contributed by atoms with Gasteiger partial charge in [-0.1, -0.05) is 12.1 Å². The molecule has 0 saturated carbocycles. The lowest BCUT2D eigenvalue weighted by molar-refractivity contribution is -0.174. The van der Waals surface area contributed by atoms with Crippen molar-refractivity contribution in [2.75, 3.05) is 13.2 Å². The molecule has 1 unspecified atom stereocenters. The van der Waals surface area contributed by atoms with E-state index in [4.69, 9.17) is 0 Å². The Balaban J connectivity index is 1.93. The number of carbonyl (C=O) groups excluding carboxylic acids is 1. The first-order valence-electron chi connectivity index (χ1n) is 8.02. The van der Waals surface area contributed by atoms with Crippen LogP contribution in [0.15, 0.2) is 47.6 Å². The third-order valence-electron chi connectivity index (χ3n) is 3.32. The van der Waals surface area contributed by atoms with Gasteiger partial charge in [-0.2, -0.15) is 13.2 Å². The predicted octanol–water partition coefficient (Wildman–Crippen LogP) is 4.21. The summed E-state index contributed by atoms with van der Waals surface area (Å²) in [6, 6.07) is 8.57. The topological polar surface area (TPSA) is 51.2 Å². The molecule has 0 aliphatic rings. The van der Waals surface area contributed by atoms with Crippen LogP contribution in [0, 0.1) is 5.82 Å². The number of hydrogen-bond donors (Lipinski definition) is 1. The summed E-state index contributed by atoms with van der Waals surface area (Å²) in [5, 5.41) is 3.07. The number of amides is 1. The molecule has 1 aromatic heterocycles. The maximum Gasteiger partial charge on any atom is 0.411 e. The van der Waals surface area contributed by atoms with Gasteiger partial charge in [-0.15, -0.1) is 11.8 Å². The van der Waals surface area contributed by atoms with E-state index < -0.39 is 24.7 Å². The Morgan fingerprint density at radius 1 is 1.26 bits per heavy atom. The van der Waals surface area contributed by atoms with Crippen LogP contribution in [0.4, 0.5) is 17.6 Å². The number of hydrogen-bond acceptors (Lipinski definition) is 4. The van der Waals surface area contributed by atoms with Gasteiger partial charge in [-0.25, -0.2) is 9.37 Å². The molecule has 1 amide bonds. The normalized spacial score (nSPS) is 12.6. The summed E-state index contributed by atoms with van der Waals surface area (Å²) in [4.78, 5) is 16.6. The number of halogens is 4. The molecule has 0 radical (unpaired) electrons. The summed E-state index contributed by atoms with van der Waals surface area (Å²) >= 11 is 1.31. The fraction of sp³-hybridized carbons (Fsp3) is 0.333. The van der Waals surface area contributed by atoms with Crippen molar-refractivity contribution in [2.24, 2.45) is 0 Å². The number of nitrogens with one attached hydrogen (secondary N) is 1. The van der Waals surface area contributed by atoms with E-state index >= 15 is 0 Å². The molecule has 0 bridgehead atoms. The Morgan fingerprint density at radius 3 is 2.63 bits per heavy atom. The van der Waals surface area contributed by atoms with E-state index in [1.807, 2.05) is 0 Å². The highest BCUT2D eigenvalue weighted by atomic mass is 32.2. The van der Waals surface area contributed by atoms with E-state index in [1.54, 1.807) is 37.4 Å². The van der Waals surface area contributed by atoms with Gasteiger partial charge in [-0.3, -0.25) is 4.79 Å². The number of pyridine rings is 1. The molecule has 1 N–H and O–H groups in total. The zero-order chi connectivity index (χ0) is 19.9. The Hall–Kier alpha value is -2.13. The zero-order valence-corrected chi connectivity index (χ0v) is 15.2. The number of carbonyl (C=O) groups is 1. The Bertz CT molecular complexity index is 754. The van der Waals surface area contributed by atoms with Crippen LogP contribution in [0.2, 0.25) is 0 Å². The maximum absolute atomic E-state index is 13.0. The average molecular weight is 402 g/mol. The Morgan fingerprint density at radius 2 is 1.96 bits per heavy atom. The third kappa shape index (κ3) is 7.56. The lowest BCUT2D eigenvalue weighted by Crippen LogP contribution is -2.37. The van der Waals surface area contributed by atoms with Gasteiger partial charge < -0.3 is 10.1 Å². The van der Waals surface area contributed by atoms with Crippen LogP contribution in [-0.4, -0.2) is 36.3 Å². The van der Waals surface area contributed by atoms with Crippen LogP contribution in [0.5, 0.6) is 0 Å². The highest BCUT2D eigenvalue weighted by molar-refractivity contribution is 7.98. The minimum absolute atomic E-state index is 0.260. The molecule has 0 aliphatic carbocycles. The zero-order valence-electron chi connectivity index (χ0n) is 14.4. The van der Waals surface area contributed by atoms with Gasteiger partial charge in [-0.05, 0) is 36.8 Å². The molecule has 2 rings (SSSR count). The minimum Gasteiger partial charge on any atom is -0.370 e. The molecule has 146 valence electrons. The summed E-state index contributed by atoms with van der Waals surface area (Å²) in [7, 11) is 0. The van der Waals surface area contributed by atoms with E-state index in [0.717, 1.165) is 5.56 Å². The van der Waals surface area contributed by atoms with Crippen LogP contribution in [0.25, 0.3) is 0 Å². The number of benzene rings is 1. The highest BCUT2D eigenvalue weighted by Gasteiger charge is 2.27. The number of aromatic nitrogens is 1. The van der Waals surface area contributed by atoms with E-state index in [2.05, 4.69) is 15.0 Å². The van der Waals surface area contributed by atoms with Gasteiger partial charge in [0.2, 0.25) is 0 Å². The van der Waals surface area contributed by atoms with Gasteiger partial charge in [0.15, 0.2) is 0 Å². The van der Waals surface area contributed by atoms with Crippen molar-refractivity contribution in [2.45, 2.75) is 29.9 Å². The van der Waals surface area contributed by atoms with Crippen LogP contribution in [0.1, 0.15) is 22.8 Å². The second kappa shape index (κ2) is 9.70. The predicted molar refractivity (Wildman–Crippen MR) is 94.0 cm³/mol. The molecule has 9 heteroatoms. The molecular weight excluding hydrogens is 384 g/mol. The van der Waals surface area contributed by atoms with E-state index in [-0.39, 0.29) is 12.4 Å². The number of rotatable bonds is 8. The molecule has 1 atom stereocenters. The maximum atomic E-state index is 13.0. The summed E-state index contributed by atoms with van der Waals surface area (Å²) < 4.78 is 53.8. The third-order valence-corrected chi connectivity index (χ3v) is 4.39. The highest BCUT2D eigenvalue weighted by Crippen LogP contribution is 2.24. The first-order valence-corrected chi connectivity index (χ1v) is 9.01. The van der Waals surface area contributed by atoms with E-state index in [0.29, 0.717) is 16.3 Å². The molecule has 1 aromatic carbocycles. The summed E-state index contributed by atoms with van der Waals surface area (Å²) in [5.41, 5.74) is 1.18. The lowest BCUT2D eigenvalue weighted by Gasteiger charge is -2.16. The first-order chi connectivity index (χ1) is 12.7. The molecule has 0 spiro atoms. The average Bonchev–Trinajstić information content (AvgIpc) is 2.60. The second-order valence-electron chi connectivity index (χ2n) is 5.78. The number of nitrogens with zero attached hydrogens (tertiary/aromatic N) is 1. The fourth-order valence-electron chi connectivity index (χ4n) is 2.11. The molecular formula is C18H18F4N2O2S. The van der Waals surface area contributed by atoms with Crippen molar-refractivity contribution < 1.29 is 27.1 Å². The van der Waals surface area contributed by atoms with Crippen molar-refractivity contribution in [1.82, 2.24) is 10.3 Å². The summed E-state index contributed by atoms with van der Waals surface area (Å²) in [6.45, 7) is -0.0710. The first kappa shape index (κ1) is 21.2. The van der Waals surface area contributed by atoms with Crippen LogP contribution in [-0.2, 0) is 10.5 Å². The molecule has 0 aliphatic heterocycles. The Labute approximate surface area is 158 Å². The van der Waals surface area contributed by atoms with Crippen molar-refractivity contribution in [3.63, 3.8) is 0 Å². The minimum atomic E-state index is -4.41. The fourth-order valence-corrected chi connectivity index (χ4v) is 3.05. The quantitative estimate of drug-likeness (QED) is 0.531. The van der Waals surface area contributed by atoms with Crippen molar-refractivity contribution >= 4 is 17.7 Å². The van der Waals surface area contributed by atoms with Gasteiger partial charge in [0, 0.05) is 18.0 Å². The smallest absolute Gasteiger partial charge is 0.370 e. The van der Waals surface area contributed by atoms with Crippen molar-refractivity contribution in [3.05, 3.63) is 59.5 Å². The molecule has 27 heavy (non-hydrogen) atoms. The van der Waals surface area contributed by atoms with Gasteiger partial charge in [0.05, 0.1) is 12.2 Å². The number of thioether (sulfide) groups is 1. The molecule has 2 aromatic rings. The van der Waals surface area contributed by atoms with Crippen LogP contribution in [0.3, 0.4) is 0 Å². The summed E-state index contributed by atoms with van der Waals surface area (Å²) in [5.74, 6) is -0.293. The molecule has 0 fully saturated rings. The largest absolute Gasteiger partial charge is 0.411 e. The summed E-state index contributed by atoms with van der Waals surface area (Å²) in [6.07, 6.45) is -2.86. The van der Waals surface area contributed by atoms with Crippen LogP contribution >= 0.6 is 11.8 Å². The number of ether oxygens (including phenoxy) is 1. The number of alkyl halides is 3. The lowest BCUT2D eigenvalue weighted by atomic mass is 10.2. The molecule has 4 nitrogen and oxygen atoms in total. The monoisotopic (exact) mass is 402 g/mol. The molecule has 1 heterocycles. The standard InChI is InChI=1S/C18H18F4N2O2S/c1-12(9-26-11-18(20,21)22)24-16(25)15-3-2-8-23-17(15)27-10-13-4-6-14(19)7-5-13/h2-8,12H,9-11H2,1H3,(H,24,25). The van der Waals surface area contributed by atoms with Gasteiger partial charge in [0.25, 0.3) is 5.91 Å². The van der Waals surface area contributed by atoms with Crippen LogP contribution < -0.4 is 5.32 Å². The van der Waals surface area contributed by atoms with Gasteiger partial charge in [0.1, 0.15) is 17.5 Å². The SMILES string of the molecule is CC(COCC(F)(F)F)NC(=O)c1cccnc1SCc1ccc(F)cc1. The van der Waals surface area contributed by atoms with E-state index in [1.165, 1.54) is 23.9 Å². The molecule has 0 saturated heterocycles. The van der Waals surface area contributed by atoms with E-state index in [9.17, 15) is 22.4 Å². The second-order valence-corrected chi connectivity index (χ2v) is 6.74. The van der Waals surface area contributed by atoms with Crippen molar-refractivity contribution in [1.29, 1.82) is 0 Å². The van der Waals surface area contributed by atoms with Crippen molar-refractivity contribution in [3.8, 4) is 0 Å².